The molecule has 1 saturated heterocycles. The molecule has 1 fully saturated rings. The summed E-state index contributed by atoms with van der Waals surface area (Å²) in [6.45, 7) is 16.5. The molecule has 0 aromatic carbocycles. The fourth-order valence-electron chi connectivity index (χ4n) is 3.57. The summed E-state index contributed by atoms with van der Waals surface area (Å²) in [4.78, 5) is 0. The van der Waals surface area contributed by atoms with Crippen LogP contribution in [0.2, 0.25) is 17.5 Å². The fraction of sp³-hybridized carbons (Fsp3) is 1.00. The van der Waals surface area contributed by atoms with Gasteiger partial charge < -0.3 is 4.74 Å². The molecule has 3 heteroatoms. The zero-order chi connectivity index (χ0) is 14.0. The van der Waals surface area contributed by atoms with Gasteiger partial charge in [-0.05, 0) is 19.6 Å². The van der Waals surface area contributed by atoms with Crippen LogP contribution in [-0.2, 0) is 4.74 Å². The molecule has 19 heavy (non-hydrogen) atoms. The van der Waals surface area contributed by atoms with Crippen LogP contribution >= 0.6 is 0 Å². The first-order valence-electron chi connectivity index (χ1n) is 8.38. The van der Waals surface area contributed by atoms with Crippen molar-refractivity contribution >= 4 is 6.71 Å². The van der Waals surface area contributed by atoms with Crippen molar-refractivity contribution in [3.05, 3.63) is 0 Å². The van der Waals surface area contributed by atoms with Gasteiger partial charge in [0.2, 0.25) is 0 Å². The normalized spacial score (nSPS) is 20.5. The van der Waals surface area contributed by atoms with Gasteiger partial charge in [0.05, 0.1) is 0 Å². The van der Waals surface area contributed by atoms with Crippen molar-refractivity contribution in [2.75, 3.05) is 13.2 Å². The largest absolute Gasteiger partial charge is 1.00 e. The summed E-state index contributed by atoms with van der Waals surface area (Å²) in [6.07, 6.45) is 6.66. The Bertz CT molecular complexity index is 154. The van der Waals surface area contributed by atoms with Gasteiger partial charge in [-0.15, -0.1) is 0 Å². The van der Waals surface area contributed by atoms with E-state index in [2.05, 4.69) is 41.5 Å². The topological polar surface area (TPSA) is 9.23 Å². The summed E-state index contributed by atoms with van der Waals surface area (Å²) in [7, 11) is 0. The molecule has 0 aliphatic carbocycles. The molecule has 0 aromatic rings. The van der Waals surface area contributed by atoms with Gasteiger partial charge in [0.15, 0.2) is 0 Å². The van der Waals surface area contributed by atoms with Crippen molar-refractivity contribution in [1.82, 2.24) is 0 Å². The standard InChI is InChI=1S/C12H28B.C4H8O.Li/c1-7-10(4)13(11(5)8-2)12(6)9-3;1-2-4-5-3-1;/h10-13H,7-9H2,1-6H3;1-4H2;/q-1;;+1. The van der Waals surface area contributed by atoms with E-state index in [4.69, 9.17) is 4.74 Å². The Morgan fingerprint density at radius 3 is 1.26 bits per heavy atom. The maximum atomic E-state index is 4.94. The summed E-state index contributed by atoms with van der Waals surface area (Å²) in [5, 5.41) is 0. The van der Waals surface area contributed by atoms with E-state index in [1.807, 2.05) is 0 Å². The molecule has 110 valence electrons. The van der Waals surface area contributed by atoms with Crippen LogP contribution in [0.3, 0.4) is 0 Å². The second kappa shape index (κ2) is 13.6. The Balaban J connectivity index is 0. The van der Waals surface area contributed by atoms with Crippen molar-refractivity contribution in [3.63, 3.8) is 0 Å². The monoisotopic (exact) mass is 262 g/mol. The minimum Gasteiger partial charge on any atom is -0.381 e. The molecule has 0 bridgehead atoms. The number of hydrogen-bond acceptors (Lipinski definition) is 1. The van der Waals surface area contributed by atoms with Gasteiger partial charge in [-0.25, -0.2) is 0 Å². The second-order valence-electron chi connectivity index (χ2n) is 6.57. The fourth-order valence-corrected chi connectivity index (χ4v) is 3.57. The van der Waals surface area contributed by atoms with E-state index >= 15 is 0 Å². The van der Waals surface area contributed by atoms with Gasteiger partial charge in [0.25, 0.3) is 0 Å². The van der Waals surface area contributed by atoms with Crippen LogP contribution in [0.5, 0.6) is 0 Å². The summed E-state index contributed by atoms with van der Waals surface area (Å²) < 4.78 is 4.94. The van der Waals surface area contributed by atoms with E-state index < -0.39 is 0 Å². The van der Waals surface area contributed by atoms with E-state index in [1.54, 1.807) is 0 Å². The van der Waals surface area contributed by atoms with Crippen LogP contribution in [0.1, 0.15) is 73.6 Å². The van der Waals surface area contributed by atoms with Crippen molar-refractivity contribution in [2.24, 2.45) is 0 Å². The van der Waals surface area contributed by atoms with Gasteiger partial charge in [-0.1, -0.05) is 60.8 Å². The molecule has 3 unspecified atom stereocenters. The molecule has 0 aromatic heterocycles. The molecule has 3 atom stereocenters. The summed E-state index contributed by atoms with van der Waals surface area (Å²) in [5.41, 5.74) is 0. The first-order chi connectivity index (χ1) is 8.58. The molecule has 0 spiro atoms. The van der Waals surface area contributed by atoms with Gasteiger partial charge in [-0.2, -0.15) is 17.5 Å². The van der Waals surface area contributed by atoms with Crippen LogP contribution < -0.4 is 18.9 Å². The summed E-state index contributed by atoms with van der Waals surface area (Å²) >= 11 is 0. The SMILES string of the molecule is C1CCOC1.CCC(C)[BH-](C(C)CC)C(C)CC.[Li+]. The third-order valence-corrected chi connectivity index (χ3v) is 5.33. The third kappa shape index (κ3) is 9.22. The van der Waals surface area contributed by atoms with Gasteiger partial charge in [0, 0.05) is 13.2 Å². The van der Waals surface area contributed by atoms with Crippen LogP contribution in [0, 0.1) is 0 Å². The predicted octanol–water partition coefficient (Wildman–Crippen LogP) is 2.41. The van der Waals surface area contributed by atoms with Crippen molar-refractivity contribution in [3.8, 4) is 0 Å². The molecule has 1 heterocycles. The van der Waals surface area contributed by atoms with Crippen molar-refractivity contribution < 1.29 is 23.6 Å². The maximum Gasteiger partial charge on any atom is 1.00 e. The van der Waals surface area contributed by atoms with E-state index in [-0.39, 0.29) is 25.6 Å². The van der Waals surface area contributed by atoms with Crippen LogP contribution in [0.15, 0.2) is 0 Å². The van der Waals surface area contributed by atoms with E-state index in [0.29, 0.717) is 0 Å². The maximum absolute atomic E-state index is 4.94. The summed E-state index contributed by atoms with van der Waals surface area (Å²) in [5.74, 6) is 2.93. The van der Waals surface area contributed by atoms with Gasteiger partial charge >= 0.3 is 18.9 Å². The van der Waals surface area contributed by atoms with Gasteiger partial charge in [-0.3, -0.25) is 0 Å². The predicted molar refractivity (Wildman–Crippen MR) is 86.3 cm³/mol. The van der Waals surface area contributed by atoms with Crippen LogP contribution in [0.25, 0.3) is 0 Å². The zero-order valence-electron chi connectivity index (χ0n) is 14.8. The van der Waals surface area contributed by atoms with E-state index in [1.165, 1.54) is 32.1 Å². The minimum atomic E-state index is 0. The quantitative estimate of drug-likeness (QED) is 0.668. The average molecular weight is 262 g/mol. The Morgan fingerprint density at radius 1 is 0.789 bits per heavy atom. The molecule has 0 radical (unpaired) electrons. The Morgan fingerprint density at radius 2 is 1.11 bits per heavy atom. The van der Waals surface area contributed by atoms with E-state index in [0.717, 1.165) is 30.7 Å². The Hall–Kier alpha value is 0.622. The van der Waals surface area contributed by atoms with E-state index in [9.17, 15) is 0 Å². The second-order valence-corrected chi connectivity index (χ2v) is 6.57. The molecule has 0 saturated carbocycles. The molecular formula is C16H36BLiO. The molecule has 1 aliphatic rings. The first-order valence-corrected chi connectivity index (χ1v) is 8.38. The minimum absolute atomic E-state index is 0. The summed E-state index contributed by atoms with van der Waals surface area (Å²) in [6, 6.07) is 0. The Kier molecular flexibility index (Phi) is 15.7. The van der Waals surface area contributed by atoms with Crippen LogP contribution in [0.4, 0.5) is 0 Å². The first kappa shape index (κ1) is 21.9. The molecule has 1 aliphatic heterocycles. The molecule has 1 rings (SSSR count). The number of rotatable bonds is 6. The average Bonchev–Trinajstić information content (AvgIpc) is 2.97. The van der Waals surface area contributed by atoms with Crippen molar-refractivity contribution in [1.29, 1.82) is 0 Å². The Labute approximate surface area is 134 Å². The smallest absolute Gasteiger partial charge is 0.381 e. The number of hydrogen-bond donors (Lipinski definition) is 0. The zero-order valence-corrected chi connectivity index (χ0v) is 14.8. The van der Waals surface area contributed by atoms with Crippen molar-refractivity contribution in [2.45, 2.75) is 91.1 Å². The molecular weight excluding hydrogens is 226 g/mol. The van der Waals surface area contributed by atoms with Gasteiger partial charge in [0.1, 0.15) is 0 Å². The number of ether oxygens (including phenoxy) is 1. The molecule has 1 nitrogen and oxygen atoms in total. The molecule has 0 amide bonds. The van der Waals surface area contributed by atoms with Crippen LogP contribution in [-0.4, -0.2) is 19.9 Å². The molecule has 0 N–H and O–H groups in total. The third-order valence-electron chi connectivity index (χ3n) is 5.33.